The van der Waals surface area contributed by atoms with Gasteiger partial charge < -0.3 is 15.8 Å². The number of hydrogen-bond donors (Lipinski definition) is 2. The fourth-order valence-corrected chi connectivity index (χ4v) is 1.43. The van der Waals surface area contributed by atoms with Crippen LogP contribution in [-0.2, 0) is 9.53 Å². The van der Waals surface area contributed by atoms with Crippen LogP contribution < -0.4 is 11.1 Å². The van der Waals surface area contributed by atoms with E-state index in [2.05, 4.69) is 25.0 Å². The molecule has 0 bridgehead atoms. The smallest absolute Gasteiger partial charge is 0.365 e. The van der Waals surface area contributed by atoms with E-state index in [1.807, 2.05) is 0 Å². The molecule has 0 aliphatic heterocycles. The molecule has 1 aromatic carbocycles. The van der Waals surface area contributed by atoms with Gasteiger partial charge in [-0.3, -0.25) is 14.9 Å². The number of nitrogens with two attached hydrogens (primary N) is 1. The van der Waals surface area contributed by atoms with E-state index in [0.29, 0.717) is 0 Å². The first-order chi connectivity index (χ1) is 10.5. The molecule has 2 rings (SSSR count). The molecule has 0 aliphatic rings. The van der Waals surface area contributed by atoms with Crippen LogP contribution in [0.25, 0.3) is 0 Å². The van der Waals surface area contributed by atoms with Crippen molar-refractivity contribution >= 4 is 29.1 Å². The first-order valence-electron chi connectivity index (χ1n) is 5.77. The highest BCUT2D eigenvalue weighted by atomic mass is 16.6. The number of hydrogen-bond acceptors (Lipinski definition) is 9. The largest absolute Gasteiger partial charge is 0.451 e. The Morgan fingerprint density at radius 2 is 2.18 bits per heavy atom. The number of anilines is 2. The van der Waals surface area contributed by atoms with Crippen LogP contribution in [0.15, 0.2) is 28.9 Å². The molecule has 0 unspecified atom stereocenters. The van der Waals surface area contributed by atoms with E-state index < -0.39 is 23.4 Å². The Balaban J connectivity index is 1.91. The van der Waals surface area contributed by atoms with Gasteiger partial charge >= 0.3 is 5.97 Å². The van der Waals surface area contributed by atoms with Crippen LogP contribution in [0, 0.1) is 10.1 Å². The molecule has 1 aromatic heterocycles. The quantitative estimate of drug-likeness (QED) is 0.450. The van der Waals surface area contributed by atoms with E-state index >= 15 is 0 Å². The van der Waals surface area contributed by atoms with Crippen molar-refractivity contribution in [1.29, 1.82) is 0 Å². The molecule has 0 saturated heterocycles. The van der Waals surface area contributed by atoms with E-state index in [4.69, 9.17) is 5.73 Å². The molecular weight excluding hydrogens is 298 g/mol. The number of nitrogen functional groups attached to an aromatic ring is 1. The Morgan fingerprint density at radius 3 is 2.82 bits per heavy atom. The molecular formula is C11H9N5O6. The molecule has 0 spiro atoms. The minimum atomic E-state index is -0.979. The van der Waals surface area contributed by atoms with Crippen molar-refractivity contribution < 1.29 is 23.9 Å². The third kappa shape index (κ3) is 3.53. The van der Waals surface area contributed by atoms with Crippen molar-refractivity contribution in [2.45, 2.75) is 0 Å². The van der Waals surface area contributed by atoms with Gasteiger partial charge in [-0.2, -0.15) is 0 Å². The highest BCUT2D eigenvalue weighted by molar-refractivity contribution is 5.96. The summed E-state index contributed by atoms with van der Waals surface area (Å²) in [6, 6.07) is 5.29. The first kappa shape index (κ1) is 14.9. The lowest BCUT2D eigenvalue weighted by Crippen LogP contribution is -2.21. The van der Waals surface area contributed by atoms with Gasteiger partial charge in [0.15, 0.2) is 6.61 Å². The van der Waals surface area contributed by atoms with E-state index in [1.165, 1.54) is 24.3 Å². The molecule has 11 nitrogen and oxygen atoms in total. The molecule has 0 fully saturated rings. The molecule has 11 heteroatoms. The number of benzene rings is 1. The van der Waals surface area contributed by atoms with Gasteiger partial charge in [-0.05, 0) is 16.4 Å². The van der Waals surface area contributed by atoms with E-state index in [9.17, 15) is 19.7 Å². The molecule has 2 aromatic rings. The monoisotopic (exact) mass is 307 g/mol. The zero-order chi connectivity index (χ0) is 16.1. The second kappa shape index (κ2) is 6.30. The SMILES string of the molecule is Nc1nonc1C(=O)OCC(=O)Nc1cccc([N+](=O)[O-])c1. The summed E-state index contributed by atoms with van der Waals surface area (Å²) < 4.78 is 8.87. The number of non-ortho nitro benzene ring substituents is 1. The molecule has 22 heavy (non-hydrogen) atoms. The number of esters is 1. The second-order valence-electron chi connectivity index (χ2n) is 3.93. The molecule has 1 amide bonds. The number of nitro groups is 1. The molecule has 3 N–H and O–H groups in total. The van der Waals surface area contributed by atoms with Crippen molar-refractivity contribution in [3.05, 3.63) is 40.1 Å². The number of nitro benzene ring substituents is 1. The van der Waals surface area contributed by atoms with Crippen molar-refractivity contribution in [1.82, 2.24) is 10.3 Å². The number of rotatable bonds is 5. The minimum absolute atomic E-state index is 0.184. The number of nitrogens with zero attached hydrogens (tertiary/aromatic N) is 3. The van der Waals surface area contributed by atoms with E-state index in [1.54, 1.807) is 0 Å². The summed E-state index contributed by atoms with van der Waals surface area (Å²) in [5, 5.41) is 19.3. The standard InChI is InChI=1S/C11H9N5O6/c12-10-9(14-22-15-10)11(18)21-5-8(17)13-6-2-1-3-7(4-6)16(19)20/h1-4H,5H2,(H2,12,15)(H,13,17). The Morgan fingerprint density at radius 1 is 1.41 bits per heavy atom. The number of ether oxygens (including phenoxy) is 1. The number of carbonyl (C=O) groups is 2. The summed E-state index contributed by atoms with van der Waals surface area (Å²) in [4.78, 5) is 33.1. The van der Waals surface area contributed by atoms with Gasteiger partial charge in [0.05, 0.1) is 4.92 Å². The number of amides is 1. The predicted octanol–water partition coefficient (Wildman–Crippen LogP) is 0.355. The lowest BCUT2D eigenvalue weighted by molar-refractivity contribution is -0.384. The highest BCUT2D eigenvalue weighted by Crippen LogP contribution is 2.16. The van der Waals surface area contributed by atoms with Gasteiger partial charge in [0, 0.05) is 17.8 Å². The van der Waals surface area contributed by atoms with Crippen LogP contribution in [0.4, 0.5) is 17.2 Å². The number of nitrogens with one attached hydrogen (secondary N) is 1. The number of aromatic nitrogens is 2. The Bertz CT molecular complexity index is 727. The van der Waals surface area contributed by atoms with Crippen LogP contribution in [-0.4, -0.2) is 33.7 Å². The first-order valence-corrected chi connectivity index (χ1v) is 5.77. The lowest BCUT2D eigenvalue weighted by Gasteiger charge is -2.05. The third-order valence-corrected chi connectivity index (χ3v) is 2.38. The summed E-state index contributed by atoms with van der Waals surface area (Å²) in [5.74, 6) is -1.93. The summed E-state index contributed by atoms with van der Waals surface area (Å²) in [7, 11) is 0. The summed E-state index contributed by atoms with van der Waals surface area (Å²) >= 11 is 0. The molecule has 114 valence electrons. The zero-order valence-corrected chi connectivity index (χ0v) is 10.9. The molecule has 0 atom stereocenters. The van der Waals surface area contributed by atoms with E-state index in [-0.39, 0.29) is 22.9 Å². The van der Waals surface area contributed by atoms with Crippen LogP contribution in [0.5, 0.6) is 0 Å². The third-order valence-electron chi connectivity index (χ3n) is 2.38. The zero-order valence-electron chi connectivity index (χ0n) is 10.9. The normalized spacial score (nSPS) is 10.0. The van der Waals surface area contributed by atoms with Crippen molar-refractivity contribution in [3.63, 3.8) is 0 Å². The topological polar surface area (TPSA) is 163 Å². The van der Waals surface area contributed by atoms with Crippen molar-refractivity contribution in [2.75, 3.05) is 17.7 Å². The van der Waals surface area contributed by atoms with Crippen molar-refractivity contribution in [3.8, 4) is 0 Å². The Labute approximate surface area is 122 Å². The average Bonchev–Trinajstić information content (AvgIpc) is 2.91. The molecule has 0 radical (unpaired) electrons. The molecule has 0 aliphatic carbocycles. The maximum atomic E-state index is 11.6. The summed E-state index contributed by atoms with van der Waals surface area (Å²) in [5.41, 5.74) is 4.95. The maximum Gasteiger partial charge on any atom is 0.365 e. The molecule has 0 saturated carbocycles. The Hall–Kier alpha value is -3.50. The van der Waals surface area contributed by atoms with Crippen LogP contribution in [0.1, 0.15) is 10.5 Å². The van der Waals surface area contributed by atoms with Gasteiger partial charge in [-0.1, -0.05) is 6.07 Å². The highest BCUT2D eigenvalue weighted by Gasteiger charge is 2.19. The van der Waals surface area contributed by atoms with E-state index in [0.717, 1.165) is 0 Å². The lowest BCUT2D eigenvalue weighted by atomic mass is 10.3. The second-order valence-corrected chi connectivity index (χ2v) is 3.93. The maximum absolute atomic E-state index is 11.6. The van der Waals surface area contributed by atoms with Crippen LogP contribution in [0.3, 0.4) is 0 Å². The van der Waals surface area contributed by atoms with Gasteiger partial charge in [-0.25, -0.2) is 9.42 Å². The average molecular weight is 307 g/mol. The van der Waals surface area contributed by atoms with Gasteiger partial charge in [0.1, 0.15) is 0 Å². The van der Waals surface area contributed by atoms with Gasteiger partial charge in [0.25, 0.3) is 11.6 Å². The van der Waals surface area contributed by atoms with Crippen LogP contribution >= 0.6 is 0 Å². The number of carbonyl (C=O) groups excluding carboxylic acids is 2. The van der Waals surface area contributed by atoms with Gasteiger partial charge in [0.2, 0.25) is 11.5 Å². The van der Waals surface area contributed by atoms with Crippen molar-refractivity contribution in [2.24, 2.45) is 0 Å². The predicted molar refractivity (Wildman–Crippen MR) is 70.7 cm³/mol. The molecule has 1 heterocycles. The van der Waals surface area contributed by atoms with Crippen LogP contribution in [0.2, 0.25) is 0 Å². The fourth-order valence-electron chi connectivity index (χ4n) is 1.43. The van der Waals surface area contributed by atoms with Gasteiger partial charge in [-0.15, -0.1) is 0 Å². The minimum Gasteiger partial charge on any atom is -0.451 e. The fraction of sp³-hybridized carbons (Fsp3) is 0.0909. The summed E-state index contributed by atoms with van der Waals surface area (Å²) in [6.45, 7) is -0.631. The summed E-state index contributed by atoms with van der Waals surface area (Å²) in [6.07, 6.45) is 0. The Kier molecular flexibility index (Phi) is 4.27.